The fourth-order valence-corrected chi connectivity index (χ4v) is 5.25. The van der Waals surface area contributed by atoms with Gasteiger partial charge in [-0.2, -0.15) is 0 Å². The van der Waals surface area contributed by atoms with Crippen LogP contribution in [-0.2, 0) is 9.59 Å². The first-order valence-electron chi connectivity index (χ1n) is 10.6. The number of dihydropyridines is 1. The minimum atomic E-state index is -0.405. The summed E-state index contributed by atoms with van der Waals surface area (Å²) in [7, 11) is 0. The van der Waals surface area contributed by atoms with Crippen LogP contribution in [-0.4, -0.2) is 29.7 Å². The summed E-state index contributed by atoms with van der Waals surface area (Å²) in [5.41, 5.74) is 3.94. The van der Waals surface area contributed by atoms with E-state index in [1.807, 2.05) is 36.1 Å². The van der Waals surface area contributed by atoms with E-state index in [2.05, 4.69) is 19.2 Å². The molecule has 29 heavy (non-hydrogen) atoms. The SMILES string of the molecule is CC1=C(C(=O)N2CCCCC2)C(c2ccccc2Cl)C2=C(CC(C)(C)CC2=O)N1. The van der Waals surface area contributed by atoms with Gasteiger partial charge < -0.3 is 10.2 Å². The van der Waals surface area contributed by atoms with Crippen molar-refractivity contribution < 1.29 is 9.59 Å². The predicted octanol–water partition coefficient (Wildman–Crippen LogP) is 4.96. The number of halogens is 1. The zero-order chi connectivity index (χ0) is 20.8. The molecular weight excluding hydrogens is 384 g/mol. The number of hydrogen-bond donors (Lipinski definition) is 1. The van der Waals surface area contributed by atoms with Gasteiger partial charge in [0.2, 0.25) is 0 Å². The number of likely N-dealkylation sites (tertiary alicyclic amines) is 1. The number of Topliss-reactive ketones (excluding diaryl/α,β-unsaturated/α-hetero) is 1. The van der Waals surface area contributed by atoms with Crippen molar-refractivity contribution in [2.75, 3.05) is 13.1 Å². The van der Waals surface area contributed by atoms with Gasteiger partial charge in [0.25, 0.3) is 5.91 Å². The highest BCUT2D eigenvalue weighted by molar-refractivity contribution is 6.31. The van der Waals surface area contributed by atoms with Crippen LogP contribution in [0.5, 0.6) is 0 Å². The standard InChI is InChI=1S/C24H29ClN2O2/c1-15-20(23(29)27-11-7-4-8-12-27)21(16-9-5-6-10-17(16)25)22-18(26-15)13-24(2,3)14-19(22)28/h5-6,9-10,21,26H,4,7-8,11-14H2,1-3H3. The summed E-state index contributed by atoms with van der Waals surface area (Å²) in [6.07, 6.45) is 4.50. The molecule has 1 aromatic carbocycles. The second-order valence-corrected chi connectivity index (χ2v) is 9.71. The highest BCUT2D eigenvalue weighted by Crippen LogP contribution is 2.48. The number of ketones is 1. The molecule has 1 unspecified atom stereocenters. The smallest absolute Gasteiger partial charge is 0.252 e. The number of benzene rings is 1. The molecule has 0 bridgehead atoms. The van der Waals surface area contributed by atoms with E-state index in [1.54, 1.807) is 0 Å². The van der Waals surface area contributed by atoms with Crippen molar-refractivity contribution >= 4 is 23.3 Å². The number of carbonyl (C=O) groups excluding carboxylic acids is 2. The molecule has 5 heteroatoms. The van der Waals surface area contributed by atoms with Gasteiger partial charge in [-0.15, -0.1) is 0 Å². The molecule has 0 spiro atoms. The van der Waals surface area contributed by atoms with Crippen molar-refractivity contribution in [2.45, 2.75) is 58.8 Å². The highest BCUT2D eigenvalue weighted by Gasteiger charge is 2.44. The highest BCUT2D eigenvalue weighted by atomic mass is 35.5. The van der Waals surface area contributed by atoms with Crippen molar-refractivity contribution in [3.05, 3.63) is 57.4 Å². The molecule has 2 aliphatic heterocycles. The monoisotopic (exact) mass is 412 g/mol. The maximum Gasteiger partial charge on any atom is 0.252 e. The molecule has 1 aromatic rings. The molecular formula is C24H29ClN2O2. The van der Waals surface area contributed by atoms with Gasteiger partial charge in [0.05, 0.1) is 0 Å². The van der Waals surface area contributed by atoms with Crippen LogP contribution in [0.15, 0.2) is 46.8 Å². The van der Waals surface area contributed by atoms with Crippen LogP contribution in [0.2, 0.25) is 5.02 Å². The zero-order valence-electron chi connectivity index (χ0n) is 17.5. The third-order valence-electron chi connectivity index (χ3n) is 6.33. The lowest BCUT2D eigenvalue weighted by atomic mass is 9.68. The lowest BCUT2D eigenvalue weighted by molar-refractivity contribution is -0.128. The fourth-order valence-electron chi connectivity index (χ4n) is 5.01. The molecule has 154 valence electrons. The molecule has 1 N–H and O–H groups in total. The average Bonchev–Trinajstić information content (AvgIpc) is 2.66. The van der Waals surface area contributed by atoms with Crippen LogP contribution >= 0.6 is 11.6 Å². The zero-order valence-corrected chi connectivity index (χ0v) is 18.2. The van der Waals surface area contributed by atoms with Crippen LogP contribution in [0.4, 0.5) is 0 Å². The van der Waals surface area contributed by atoms with E-state index in [9.17, 15) is 9.59 Å². The summed E-state index contributed by atoms with van der Waals surface area (Å²) >= 11 is 6.59. The van der Waals surface area contributed by atoms with Crippen molar-refractivity contribution in [2.24, 2.45) is 5.41 Å². The van der Waals surface area contributed by atoms with Gasteiger partial charge >= 0.3 is 0 Å². The molecule has 1 amide bonds. The summed E-state index contributed by atoms with van der Waals surface area (Å²) in [6.45, 7) is 7.75. The second-order valence-electron chi connectivity index (χ2n) is 9.30. The predicted molar refractivity (Wildman–Crippen MR) is 116 cm³/mol. The quantitative estimate of drug-likeness (QED) is 0.747. The number of amides is 1. The van der Waals surface area contributed by atoms with Crippen molar-refractivity contribution in [3.63, 3.8) is 0 Å². The van der Waals surface area contributed by atoms with Gasteiger partial charge in [-0.25, -0.2) is 0 Å². The normalized spacial score (nSPS) is 24.3. The van der Waals surface area contributed by atoms with E-state index in [-0.39, 0.29) is 17.1 Å². The van der Waals surface area contributed by atoms with E-state index < -0.39 is 5.92 Å². The molecule has 2 heterocycles. The third kappa shape index (κ3) is 3.75. The van der Waals surface area contributed by atoms with E-state index in [4.69, 9.17) is 11.6 Å². The van der Waals surface area contributed by atoms with Crippen molar-refractivity contribution in [1.29, 1.82) is 0 Å². The number of piperidine rings is 1. The van der Waals surface area contributed by atoms with Gasteiger partial charge in [-0.3, -0.25) is 9.59 Å². The first-order valence-corrected chi connectivity index (χ1v) is 10.9. The topological polar surface area (TPSA) is 49.4 Å². The number of nitrogens with one attached hydrogen (secondary N) is 1. The molecule has 1 aliphatic carbocycles. The van der Waals surface area contributed by atoms with Crippen molar-refractivity contribution in [1.82, 2.24) is 10.2 Å². The molecule has 3 aliphatic rings. The number of rotatable bonds is 2. The second kappa shape index (κ2) is 7.64. The fraction of sp³-hybridized carbons (Fsp3) is 0.500. The minimum absolute atomic E-state index is 0.0313. The molecule has 4 nitrogen and oxygen atoms in total. The number of carbonyl (C=O) groups is 2. The largest absolute Gasteiger partial charge is 0.362 e. The van der Waals surface area contributed by atoms with Crippen LogP contribution in [0.1, 0.15) is 64.4 Å². The Kier molecular flexibility index (Phi) is 5.32. The molecule has 0 aromatic heterocycles. The molecule has 4 rings (SSSR count). The summed E-state index contributed by atoms with van der Waals surface area (Å²) in [5, 5.41) is 4.04. The lowest BCUT2D eigenvalue weighted by Crippen LogP contribution is -2.43. The Labute approximate surface area is 178 Å². The number of nitrogens with zero attached hydrogens (tertiary/aromatic N) is 1. The lowest BCUT2D eigenvalue weighted by Gasteiger charge is -2.41. The Morgan fingerprint density at radius 1 is 1.14 bits per heavy atom. The number of hydrogen-bond acceptors (Lipinski definition) is 3. The van der Waals surface area contributed by atoms with Gasteiger partial charge in [-0.1, -0.05) is 43.6 Å². The van der Waals surface area contributed by atoms with Gasteiger partial charge in [0.1, 0.15) is 0 Å². The number of allylic oxidation sites excluding steroid dienone is 3. The molecule has 1 atom stereocenters. The maximum absolute atomic E-state index is 13.6. The molecule has 0 saturated carbocycles. The van der Waals surface area contributed by atoms with Gasteiger partial charge in [0, 0.05) is 53.0 Å². The molecule has 1 fully saturated rings. The molecule has 1 saturated heterocycles. The summed E-state index contributed by atoms with van der Waals surface area (Å²) in [5.74, 6) is -0.258. The minimum Gasteiger partial charge on any atom is -0.362 e. The Balaban J connectivity index is 1.85. The summed E-state index contributed by atoms with van der Waals surface area (Å²) in [4.78, 5) is 28.9. The Morgan fingerprint density at radius 2 is 1.83 bits per heavy atom. The van der Waals surface area contributed by atoms with Crippen LogP contribution in [0.25, 0.3) is 0 Å². The van der Waals surface area contributed by atoms with E-state index >= 15 is 0 Å². The summed E-state index contributed by atoms with van der Waals surface area (Å²) < 4.78 is 0. The summed E-state index contributed by atoms with van der Waals surface area (Å²) in [6, 6.07) is 7.61. The third-order valence-corrected chi connectivity index (χ3v) is 6.67. The van der Waals surface area contributed by atoms with Gasteiger partial charge in [0.15, 0.2) is 5.78 Å². The van der Waals surface area contributed by atoms with E-state index in [0.29, 0.717) is 17.0 Å². The van der Waals surface area contributed by atoms with Crippen LogP contribution < -0.4 is 5.32 Å². The average molecular weight is 413 g/mol. The van der Waals surface area contributed by atoms with Crippen LogP contribution in [0, 0.1) is 5.41 Å². The first-order chi connectivity index (χ1) is 13.8. The first kappa shape index (κ1) is 20.2. The van der Waals surface area contributed by atoms with E-state index in [1.165, 1.54) is 0 Å². The van der Waals surface area contributed by atoms with E-state index in [0.717, 1.165) is 61.3 Å². The maximum atomic E-state index is 13.6. The Hall–Kier alpha value is -2.07. The van der Waals surface area contributed by atoms with Gasteiger partial charge in [-0.05, 0) is 49.7 Å². The van der Waals surface area contributed by atoms with Crippen LogP contribution in [0.3, 0.4) is 0 Å². The Bertz CT molecular complexity index is 923. The molecule has 0 radical (unpaired) electrons. The van der Waals surface area contributed by atoms with Crippen molar-refractivity contribution in [3.8, 4) is 0 Å². The Morgan fingerprint density at radius 3 is 2.52 bits per heavy atom.